The first kappa shape index (κ1) is 13.0. The smallest absolute Gasteiger partial charge is 0.328 e. The summed E-state index contributed by atoms with van der Waals surface area (Å²) in [5.41, 5.74) is 0.910. The van der Waals surface area contributed by atoms with Crippen LogP contribution in [0.2, 0.25) is 0 Å². The fourth-order valence-corrected chi connectivity index (χ4v) is 1.61. The topological polar surface area (TPSA) is 38.3 Å². The van der Waals surface area contributed by atoms with E-state index in [2.05, 4.69) is 21.2 Å². The maximum absolute atomic E-state index is 11.5. The molecule has 4 heteroatoms. The van der Waals surface area contributed by atoms with E-state index >= 15 is 0 Å². The van der Waals surface area contributed by atoms with Gasteiger partial charge in [-0.3, -0.25) is 0 Å². The summed E-state index contributed by atoms with van der Waals surface area (Å²) in [4.78, 5) is 11.5. The Labute approximate surface area is 104 Å². The van der Waals surface area contributed by atoms with Crippen LogP contribution in [0.25, 0.3) is 0 Å². The lowest BCUT2D eigenvalue weighted by Gasteiger charge is -2.20. The molecule has 0 spiro atoms. The molecule has 1 atom stereocenters. The summed E-state index contributed by atoms with van der Waals surface area (Å²) in [5.74, 6) is -0.0611. The van der Waals surface area contributed by atoms with Gasteiger partial charge in [0, 0.05) is 10.2 Å². The second kappa shape index (κ2) is 5.89. The Bertz CT molecular complexity index is 349. The van der Waals surface area contributed by atoms with E-state index in [4.69, 9.17) is 4.74 Å². The van der Waals surface area contributed by atoms with Crippen molar-refractivity contribution in [1.82, 2.24) is 0 Å². The van der Waals surface area contributed by atoms with E-state index in [1.165, 1.54) is 7.11 Å². The summed E-state index contributed by atoms with van der Waals surface area (Å²) in [5, 5.41) is 3.16. The number of halogens is 1. The maximum atomic E-state index is 11.5. The quantitative estimate of drug-likeness (QED) is 0.864. The first-order valence-corrected chi connectivity index (χ1v) is 5.94. The molecule has 88 valence electrons. The van der Waals surface area contributed by atoms with Gasteiger partial charge in [0.1, 0.15) is 6.04 Å². The zero-order valence-corrected chi connectivity index (χ0v) is 11.2. The molecule has 0 amide bonds. The highest BCUT2D eigenvalue weighted by Crippen LogP contribution is 2.17. The number of hydrogen-bond acceptors (Lipinski definition) is 3. The molecule has 0 aromatic heterocycles. The number of methoxy groups -OCH3 is 1. The van der Waals surface area contributed by atoms with Crippen molar-refractivity contribution in [2.45, 2.75) is 19.9 Å². The Balaban J connectivity index is 2.75. The minimum absolute atomic E-state index is 0.177. The first-order chi connectivity index (χ1) is 7.54. The zero-order chi connectivity index (χ0) is 12.1. The molecule has 0 bridgehead atoms. The molecule has 16 heavy (non-hydrogen) atoms. The van der Waals surface area contributed by atoms with E-state index in [1.807, 2.05) is 38.1 Å². The van der Waals surface area contributed by atoms with Gasteiger partial charge in [0.15, 0.2) is 0 Å². The Morgan fingerprint density at radius 1 is 1.31 bits per heavy atom. The highest BCUT2D eigenvalue weighted by atomic mass is 79.9. The van der Waals surface area contributed by atoms with E-state index in [9.17, 15) is 4.79 Å². The highest BCUT2D eigenvalue weighted by molar-refractivity contribution is 9.10. The van der Waals surface area contributed by atoms with E-state index in [1.54, 1.807) is 0 Å². The van der Waals surface area contributed by atoms with Crippen molar-refractivity contribution in [3.8, 4) is 0 Å². The lowest BCUT2D eigenvalue weighted by atomic mass is 10.0. The molecule has 0 aliphatic heterocycles. The van der Waals surface area contributed by atoms with Crippen LogP contribution in [0.5, 0.6) is 0 Å². The molecule has 0 fully saturated rings. The largest absolute Gasteiger partial charge is 0.467 e. The third kappa shape index (κ3) is 3.52. The van der Waals surface area contributed by atoms with Crippen molar-refractivity contribution in [2.24, 2.45) is 5.92 Å². The Morgan fingerprint density at radius 3 is 2.31 bits per heavy atom. The molecule has 0 saturated carbocycles. The number of hydrogen-bond donors (Lipinski definition) is 1. The summed E-state index contributed by atoms with van der Waals surface area (Å²) in [6, 6.07) is 7.38. The van der Waals surface area contributed by atoms with E-state index in [-0.39, 0.29) is 17.9 Å². The van der Waals surface area contributed by atoms with Gasteiger partial charge in [0.2, 0.25) is 0 Å². The van der Waals surface area contributed by atoms with Crippen molar-refractivity contribution in [2.75, 3.05) is 12.4 Å². The van der Waals surface area contributed by atoms with Gasteiger partial charge in [-0.1, -0.05) is 29.8 Å². The van der Waals surface area contributed by atoms with Gasteiger partial charge in [-0.25, -0.2) is 4.79 Å². The molecular weight excluding hydrogens is 270 g/mol. The molecule has 1 rings (SSSR count). The molecule has 1 N–H and O–H groups in total. The van der Waals surface area contributed by atoms with E-state index in [0.717, 1.165) is 10.2 Å². The molecule has 3 nitrogen and oxygen atoms in total. The van der Waals surface area contributed by atoms with Crippen LogP contribution in [0.15, 0.2) is 28.7 Å². The summed E-state index contributed by atoms with van der Waals surface area (Å²) in [6.45, 7) is 3.96. The number of rotatable bonds is 4. The maximum Gasteiger partial charge on any atom is 0.328 e. The molecule has 1 unspecified atom stereocenters. The van der Waals surface area contributed by atoms with Gasteiger partial charge in [-0.05, 0) is 30.2 Å². The lowest BCUT2D eigenvalue weighted by Crippen LogP contribution is -2.35. The lowest BCUT2D eigenvalue weighted by molar-refractivity contribution is -0.142. The number of carbonyl (C=O) groups is 1. The average molecular weight is 286 g/mol. The molecule has 0 aliphatic carbocycles. The molecular formula is C12H16BrNO2. The fourth-order valence-electron chi connectivity index (χ4n) is 1.35. The van der Waals surface area contributed by atoms with Crippen LogP contribution >= 0.6 is 15.9 Å². The van der Waals surface area contributed by atoms with Gasteiger partial charge in [0.05, 0.1) is 7.11 Å². The van der Waals surface area contributed by atoms with Crippen LogP contribution in [-0.4, -0.2) is 19.1 Å². The van der Waals surface area contributed by atoms with Crippen LogP contribution in [0, 0.1) is 5.92 Å². The van der Waals surface area contributed by atoms with Crippen molar-refractivity contribution in [3.63, 3.8) is 0 Å². The van der Waals surface area contributed by atoms with Crippen LogP contribution in [0.1, 0.15) is 13.8 Å². The number of ether oxygens (including phenoxy) is 1. The molecule has 1 aromatic rings. The second-order valence-corrected chi connectivity index (χ2v) is 4.81. The van der Waals surface area contributed by atoms with E-state index in [0.29, 0.717) is 0 Å². The average Bonchev–Trinajstić information content (AvgIpc) is 2.27. The number of nitrogens with one attached hydrogen (secondary N) is 1. The number of benzene rings is 1. The van der Waals surface area contributed by atoms with Gasteiger partial charge in [0.25, 0.3) is 0 Å². The van der Waals surface area contributed by atoms with Crippen LogP contribution in [0.3, 0.4) is 0 Å². The number of anilines is 1. The van der Waals surface area contributed by atoms with Crippen molar-refractivity contribution < 1.29 is 9.53 Å². The van der Waals surface area contributed by atoms with Crippen molar-refractivity contribution >= 4 is 27.6 Å². The zero-order valence-electron chi connectivity index (χ0n) is 9.66. The highest BCUT2D eigenvalue weighted by Gasteiger charge is 2.22. The van der Waals surface area contributed by atoms with Crippen LogP contribution in [-0.2, 0) is 9.53 Å². The fraction of sp³-hybridized carbons (Fsp3) is 0.417. The SMILES string of the molecule is COC(=O)C(Nc1ccc(Br)cc1)C(C)C. The van der Waals surface area contributed by atoms with Gasteiger partial charge < -0.3 is 10.1 Å². The third-order valence-electron chi connectivity index (χ3n) is 2.29. The third-order valence-corrected chi connectivity index (χ3v) is 2.82. The number of carbonyl (C=O) groups excluding carboxylic acids is 1. The van der Waals surface area contributed by atoms with Crippen LogP contribution < -0.4 is 5.32 Å². The summed E-state index contributed by atoms with van der Waals surface area (Å²) in [7, 11) is 1.40. The van der Waals surface area contributed by atoms with Crippen molar-refractivity contribution in [3.05, 3.63) is 28.7 Å². The normalized spacial score (nSPS) is 12.3. The molecule has 0 heterocycles. The monoisotopic (exact) mass is 285 g/mol. The molecule has 0 saturated heterocycles. The predicted molar refractivity (Wildman–Crippen MR) is 68.4 cm³/mol. The van der Waals surface area contributed by atoms with Gasteiger partial charge in [-0.2, -0.15) is 0 Å². The first-order valence-electron chi connectivity index (χ1n) is 5.14. The minimum atomic E-state index is -0.314. The minimum Gasteiger partial charge on any atom is -0.467 e. The molecule has 0 aliphatic rings. The van der Waals surface area contributed by atoms with Crippen LogP contribution in [0.4, 0.5) is 5.69 Å². The second-order valence-electron chi connectivity index (χ2n) is 3.90. The standard InChI is InChI=1S/C12H16BrNO2/c1-8(2)11(12(15)16-3)14-10-6-4-9(13)5-7-10/h4-8,11,14H,1-3H3. The summed E-state index contributed by atoms with van der Waals surface area (Å²) >= 11 is 3.36. The Kier molecular flexibility index (Phi) is 4.80. The summed E-state index contributed by atoms with van der Waals surface area (Å²) < 4.78 is 5.77. The van der Waals surface area contributed by atoms with E-state index < -0.39 is 0 Å². The summed E-state index contributed by atoms with van der Waals surface area (Å²) in [6.07, 6.45) is 0. The molecule has 1 aromatic carbocycles. The molecule has 0 radical (unpaired) electrons. The Morgan fingerprint density at radius 2 is 1.88 bits per heavy atom. The Hall–Kier alpha value is -1.03. The van der Waals surface area contributed by atoms with Gasteiger partial charge in [-0.15, -0.1) is 0 Å². The van der Waals surface area contributed by atoms with Gasteiger partial charge >= 0.3 is 5.97 Å². The number of esters is 1. The predicted octanol–water partition coefficient (Wildman–Crippen LogP) is 3.06. The van der Waals surface area contributed by atoms with Crippen molar-refractivity contribution in [1.29, 1.82) is 0 Å².